The lowest BCUT2D eigenvalue weighted by atomic mass is 10.1. The molecule has 5 N–H and O–H groups in total. The van der Waals surface area contributed by atoms with Crippen LogP contribution in [-0.2, 0) is 10.5 Å². The molecule has 1 aromatic heterocycles. The van der Waals surface area contributed by atoms with Gasteiger partial charge in [-0.2, -0.15) is 10.2 Å². The van der Waals surface area contributed by atoms with E-state index in [0.717, 1.165) is 10.8 Å². The lowest BCUT2D eigenvalue weighted by Gasteiger charge is -2.25. The number of nitriles is 1. The monoisotopic (exact) mass is 285 g/mol. The van der Waals surface area contributed by atoms with Crippen LogP contribution in [0.25, 0.3) is 0 Å². The fraction of sp³-hybridized carbons (Fsp3) is 0.500. The Morgan fingerprint density at radius 2 is 2.40 bits per heavy atom. The van der Waals surface area contributed by atoms with Crippen LogP contribution in [-0.4, -0.2) is 50.0 Å². The number of aliphatic hydroxyl groups excluding tert-OH is 2. The number of alkyl halides is 1. The second-order valence-corrected chi connectivity index (χ2v) is 4.16. The molecule has 20 heavy (non-hydrogen) atoms. The maximum Gasteiger partial charge on any atom is 0.272 e. The van der Waals surface area contributed by atoms with E-state index in [1.54, 1.807) is 6.07 Å². The Morgan fingerprint density at radius 1 is 1.70 bits per heavy atom. The first-order valence-corrected chi connectivity index (χ1v) is 5.56. The van der Waals surface area contributed by atoms with Crippen LogP contribution in [0.2, 0.25) is 0 Å². The quantitative estimate of drug-likeness (QED) is 0.363. The number of rotatable bonds is 2. The van der Waals surface area contributed by atoms with Gasteiger partial charge in [0.1, 0.15) is 24.1 Å². The van der Waals surface area contributed by atoms with Gasteiger partial charge in [-0.15, -0.1) is 0 Å². The average molecular weight is 285 g/mol. The van der Waals surface area contributed by atoms with Crippen LogP contribution in [0.15, 0.2) is 17.4 Å². The van der Waals surface area contributed by atoms with Crippen molar-refractivity contribution in [2.24, 2.45) is 5.16 Å². The van der Waals surface area contributed by atoms with E-state index in [2.05, 4.69) is 10.1 Å². The van der Waals surface area contributed by atoms with Crippen molar-refractivity contribution in [1.82, 2.24) is 9.55 Å². The molecule has 1 fully saturated rings. The molecule has 108 valence electrons. The van der Waals surface area contributed by atoms with Gasteiger partial charge in [0.25, 0.3) is 11.3 Å². The van der Waals surface area contributed by atoms with E-state index in [1.165, 1.54) is 6.07 Å². The highest BCUT2D eigenvalue weighted by Gasteiger charge is 2.58. The fourth-order valence-electron chi connectivity index (χ4n) is 2.02. The number of aliphatic hydroxyl groups is 2. The first kappa shape index (κ1) is 14.2. The maximum absolute atomic E-state index is 14.3. The molecule has 0 unspecified atom stereocenters. The van der Waals surface area contributed by atoms with E-state index in [1.807, 2.05) is 0 Å². The predicted octanol–water partition coefficient (Wildman–Crippen LogP) is -1.98. The SMILES string of the molecule is N#C[C@@]1(n2ccc(N)n/c2=N\O)O[C@H](CO)[C@@H](O)[C@H]1F. The number of hydrogen-bond acceptors (Lipinski definition) is 8. The van der Waals surface area contributed by atoms with E-state index in [-0.39, 0.29) is 5.82 Å². The molecule has 0 spiro atoms. The molecule has 1 aliphatic heterocycles. The minimum Gasteiger partial charge on any atom is -0.408 e. The summed E-state index contributed by atoms with van der Waals surface area (Å²) in [6, 6.07) is 2.81. The summed E-state index contributed by atoms with van der Waals surface area (Å²) < 4.78 is 20.2. The number of nitrogens with two attached hydrogens (primary N) is 1. The van der Waals surface area contributed by atoms with Crippen LogP contribution in [0.3, 0.4) is 0 Å². The van der Waals surface area contributed by atoms with Crippen LogP contribution in [0.4, 0.5) is 10.2 Å². The number of halogens is 1. The molecule has 0 aromatic carbocycles. The minimum atomic E-state index is -2.31. The van der Waals surface area contributed by atoms with Crippen molar-refractivity contribution < 1.29 is 24.5 Å². The number of nitrogen functional groups attached to an aromatic ring is 1. The van der Waals surface area contributed by atoms with Crippen LogP contribution in [0.5, 0.6) is 0 Å². The third kappa shape index (κ3) is 1.88. The minimum absolute atomic E-state index is 0.0187. The summed E-state index contributed by atoms with van der Waals surface area (Å²) in [4.78, 5) is 3.62. The van der Waals surface area contributed by atoms with Gasteiger partial charge in [0.15, 0.2) is 6.17 Å². The molecule has 0 saturated carbocycles. The van der Waals surface area contributed by atoms with Gasteiger partial charge in [0.05, 0.1) is 6.61 Å². The second kappa shape index (κ2) is 5.04. The largest absolute Gasteiger partial charge is 0.408 e. The number of nitrogens with zero attached hydrogens (tertiary/aromatic N) is 4. The number of hydrogen-bond donors (Lipinski definition) is 4. The van der Waals surface area contributed by atoms with E-state index < -0.39 is 36.3 Å². The van der Waals surface area contributed by atoms with Crippen LogP contribution >= 0.6 is 0 Å². The summed E-state index contributed by atoms with van der Waals surface area (Å²) in [5, 5.41) is 39.6. The summed E-state index contributed by atoms with van der Waals surface area (Å²) in [6.07, 6.45) is -4.04. The molecule has 10 heteroatoms. The zero-order valence-corrected chi connectivity index (χ0v) is 10.1. The predicted molar refractivity (Wildman–Crippen MR) is 60.4 cm³/mol. The lowest BCUT2D eigenvalue weighted by Crippen LogP contribution is -2.48. The Bertz CT molecular complexity index is 614. The molecule has 0 radical (unpaired) electrons. The molecular formula is C10H12FN5O4. The summed E-state index contributed by atoms with van der Waals surface area (Å²) in [6.45, 7) is -0.681. The first-order chi connectivity index (χ1) is 9.50. The van der Waals surface area contributed by atoms with E-state index in [4.69, 9.17) is 20.8 Å². The molecule has 9 nitrogen and oxygen atoms in total. The number of anilines is 1. The third-order valence-corrected chi connectivity index (χ3v) is 3.01. The van der Waals surface area contributed by atoms with E-state index in [9.17, 15) is 14.8 Å². The van der Waals surface area contributed by atoms with Crippen molar-refractivity contribution >= 4 is 5.82 Å². The molecular weight excluding hydrogens is 273 g/mol. The fourth-order valence-corrected chi connectivity index (χ4v) is 2.02. The van der Waals surface area contributed by atoms with Crippen LogP contribution < -0.4 is 11.4 Å². The Kier molecular flexibility index (Phi) is 3.58. The van der Waals surface area contributed by atoms with Gasteiger partial charge in [0, 0.05) is 6.20 Å². The maximum atomic E-state index is 14.3. The van der Waals surface area contributed by atoms with Gasteiger partial charge in [-0.25, -0.2) is 4.39 Å². The molecule has 2 rings (SSSR count). The van der Waals surface area contributed by atoms with Crippen molar-refractivity contribution in [3.8, 4) is 6.07 Å². The molecule has 0 aliphatic carbocycles. The summed E-state index contributed by atoms with van der Waals surface area (Å²) >= 11 is 0. The normalized spacial score (nSPS) is 34.1. The summed E-state index contributed by atoms with van der Waals surface area (Å²) in [5.41, 5.74) is 2.62. The molecule has 1 saturated heterocycles. The highest BCUT2D eigenvalue weighted by atomic mass is 19.1. The molecule has 4 atom stereocenters. The van der Waals surface area contributed by atoms with E-state index >= 15 is 0 Å². The Morgan fingerprint density at radius 3 is 2.90 bits per heavy atom. The van der Waals surface area contributed by atoms with Gasteiger partial charge >= 0.3 is 0 Å². The highest BCUT2D eigenvalue weighted by molar-refractivity contribution is 5.25. The molecule has 1 aromatic rings. The zero-order valence-electron chi connectivity index (χ0n) is 10.1. The van der Waals surface area contributed by atoms with Gasteiger partial charge in [-0.1, -0.05) is 0 Å². The molecule has 0 amide bonds. The van der Waals surface area contributed by atoms with Crippen molar-refractivity contribution in [3.05, 3.63) is 17.9 Å². The van der Waals surface area contributed by atoms with Crippen molar-refractivity contribution in [2.45, 2.75) is 24.1 Å². The lowest BCUT2D eigenvalue weighted by molar-refractivity contribution is -0.0973. The van der Waals surface area contributed by atoms with Crippen molar-refractivity contribution in [3.63, 3.8) is 0 Å². The molecule has 1 aliphatic rings. The number of ether oxygens (including phenoxy) is 1. The number of aromatic nitrogens is 2. The topological polar surface area (TPSA) is 150 Å². The van der Waals surface area contributed by atoms with Gasteiger partial charge < -0.3 is 25.9 Å². The van der Waals surface area contributed by atoms with Gasteiger partial charge in [-0.3, -0.25) is 4.57 Å². The van der Waals surface area contributed by atoms with Gasteiger partial charge in [-0.05, 0) is 11.2 Å². The van der Waals surface area contributed by atoms with Crippen molar-refractivity contribution in [2.75, 3.05) is 12.3 Å². The van der Waals surface area contributed by atoms with Crippen LogP contribution in [0, 0.1) is 11.3 Å². The third-order valence-electron chi connectivity index (χ3n) is 3.01. The highest BCUT2D eigenvalue weighted by Crippen LogP contribution is 2.36. The summed E-state index contributed by atoms with van der Waals surface area (Å²) in [7, 11) is 0. The zero-order chi connectivity index (χ0) is 14.9. The standard InChI is InChI=1S/C10H12FN5O4/c11-8-7(18)5(3-17)20-10(8,4-12)16-2-1-6(13)14-9(16)15-19/h1-2,5,7-8,17-19H,3H2,(H2,13,14,15)/t5-,7-,8-,10-/m1/s1. The summed E-state index contributed by atoms with van der Waals surface area (Å²) in [5.74, 6) is -0.0187. The Hall–Kier alpha value is -2.22. The first-order valence-electron chi connectivity index (χ1n) is 5.56. The Balaban J connectivity index is 2.62. The molecule has 0 bridgehead atoms. The average Bonchev–Trinajstić information content (AvgIpc) is 2.72. The van der Waals surface area contributed by atoms with E-state index in [0.29, 0.717) is 0 Å². The smallest absolute Gasteiger partial charge is 0.272 e. The van der Waals surface area contributed by atoms with Crippen molar-refractivity contribution in [1.29, 1.82) is 5.26 Å². The van der Waals surface area contributed by atoms with Crippen LogP contribution in [0.1, 0.15) is 0 Å². The molecule has 2 heterocycles. The Labute approximate surface area is 112 Å². The van der Waals surface area contributed by atoms with Gasteiger partial charge in [0.2, 0.25) is 0 Å². The second-order valence-electron chi connectivity index (χ2n) is 4.16.